The molecule has 1 saturated heterocycles. The van der Waals surface area contributed by atoms with Gasteiger partial charge in [-0.3, -0.25) is 9.59 Å². The minimum absolute atomic E-state index is 0. The smallest absolute Gasteiger partial charge is 0.243 e. The Morgan fingerprint density at radius 2 is 1.82 bits per heavy atom. The SMILES string of the molecule is C=C/C(=C\C=C(/C)CNC(=O)C1CCCN1C(=O)C(NC)C(C)(C)C)c1scnc1C.CC.CC=O.[CH3-].[CH3-].[Y]. The van der Waals surface area contributed by atoms with Crippen molar-refractivity contribution in [3.8, 4) is 0 Å². The van der Waals surface area contributed by atoms with Crippen LogP contribution in [0.1, 0.15) is 71.9 Å². The fraction of sp³-hybridized carbons (Fsp3) is 0.533. The van der Waals surface area contributed by atoms with E-state index in [1.165, 1.54) is 6.92 Å². The van der Waals surface area contributed by atoms with Crippen LogP contribution in [0.4, 0.5) is 0 Å². The molecule has 1 aliphatic rings. The van der Waals surface area contributed by atoms with Crippen molar-refractivity contribution < 1.29 is 47.1 Å². The first-order chi connectivity index (χ1) is 17.0. The number of likely N-dealkylation sites (N-methyl/N-ethyl adjacent to an activating group) is 1. The van der Waals surface area contributed by atoms with Crippen molar-refractivity contribution >= 4 is 35.0 Å². The summed E-state index contributed by atoms with van der Waals surface area (Å²) in [5, 5.41) is 6.13. The Hall–Kier alpha value is -1.48. The molecular formula is C30H52N4O3SY-2. The molecule has 221 valence electrons. The Labute approximate surface area is 268 Å². The van der Waals surface area contributed by atoms with Gasteiger partial charge in [-0.2, -0.15) is 0 Å². The Bertz CT molecular complexity index is 920. The maximum atomic E-state index is 13.1. The molecule has 0 aromatic carbocycles. The molecule has 2 unspecified atom stereocenters. The number of nitrogens with one attached hydrogen (secondary N) is 2. The zero-order valence-electron chi connectivity index (χ0n) is 26.2. The molecule has 2 heterocycles. The van der Waals surface area contributed by atoms with E-state index >= 15 is 0 Å². The molecule has 2 N–H and O–H groups in total. The van der Waals surface area contributed by atoms with E-state index in [9.17, 15) is 9.59 Å². The fourth-order valence-corrected chi connectivity index (χ4v) is 4.67. The van der Waals surface area contributed by atoms with E-state index in [2.05, 4.69) is 22.2 Å². The molecule has 1 radical (unpaired) electrons. The third-order valence-corrected chi connectivity index (χ3v) is 6.53. The summed E-state index contributed by atoms with van der Waals surface area (Å²) in [5.74, 6) is -0.0908. The van der Waals surface area contributed by atoms with Crippen molar-refractivity contribution in [2.75, 3.05) is 20.1 Å². The number of aldehydes is 1. The number of allylic oxidation sites excluding steroid dienone is 4. The molecule has 2 amide bonds. The molecule has 0 saturated carbocycles. The van der Waals surface area contributed by atoms with Gasteiger partial charge in [0.1, 0.15) is 12.3 Å². The number of amides is 2. The number of carbonyl (C=O) groups is 3. The van der Waals surface area contributed by atoms with E-state index in [4.69, 9.17) is 4.79 Å². The van der Waals surface area contributed by atoms with E-state index < -0.39 is 6.04 Å². The summed E-state index contributed by atoms with van der Waals surface area (Å²) < 4.78 is 0. The van der Waals surface area contributed by atoms with Crippen LogP contribution in [0.15, 0.2) is 35.9 Å². The van der Waals surface area contributed by atoms with Crippen molar-refractivity contribution in [3.63, 3.8) is 0 Å². The average molecular weight is 638 g/mol. The molecule has 2 atom stereocenters. The van der Waals surface area contributed by atoms with E-state index in [1.54, 1.807) is 23.3 Å². The number of nitrogens with zero attached hydrogens (tertiary/aromatic N) is 2. The van der Waals surface area contributed by atoms with Crippen LogP contribution < -0.4 is 10.6 Å². The summed E-state index contributed by atoms with van der Waals surface area (Å²) in [7, 11) is 1.80. The largest absolute Gasteiger partial charge is 0.358 e. The number of aryl methyl sites for hydroxylation is 1. The monoisotopic (exact) mass is 637 g/mol. The maximum absolute atomic E-state index is 13.1. The van der Waals surface area contributed by atoms with E-state index in [0.717, 1.165) is 34.4 Å². The molecule has 39 heavy (non-hydrogen) atoms. The number of thiazole rings is 1. The van der Waals surface area contributed by atoms with Gasteiger partial charge < -0.3 is 35.2 Å². The van der Waals surface area contributed by atoms with Gasteiger partial charge >= 0.3 is 0 Å². The molecule has 0 spiro atoms. The van der Waals surface area contributed by atoms with Gasteiger partial charge in [-0.15, -0.1) is 11.3 Å². The second kappa shape index (κ2) is 23.3. The van der Waals surface area contributed by atoms with Crippen LogP contribution in [-0.2, 0) is 47.1 Å². The number of hydrogen-bond donors (Lipinski definition) is 2. The topological polar surface area (TPSA) is 91.4 Å². The van der Waals surface area contributed by atoms with Crippen LogP contribution in [-0.4, -0.2) is 60.2 Å². The second-order valence-corrected chi connectivity index (χ2v) is 10.2. The summed E-state index contributed by atoms with van der Waals surface area (Å²) in [4.78, 5) is 41.9. The minimum Gasteiger partial charge on any atom is -0.358 e. The first kappa shape index (κ1) is 44.5. The zero-order chi connectivity index (χ0) is 27.9. The van der Waals surface area contributed by atoms with Gasteiger partial charge in [0, 0.05) is 45.8 Å². The van der Waals surface area contributed by atoms with Crippen LogP contribution in [0.3, 0.4) is 0 Å². The van der Waals surface area contributed by atoms with Crippen LogP contribution in [0, 0.1) is 27.2 Å². The van der Waals surface area contributed by atoms with Crippen LogP contribution in [0.5, 0.6) is 0 Å². The van der Waals surface area contributed by atoms with Crippen molar-refractivity contribution in [3.05, 3.63) is 61.3 Å². The van der Waals surface area contributed by atoms with Crippen molar-refractivity contribution in [1.82, 2.24) is 20.5 Å². The van der Waals surface area contributed by atoms with Gasteiger partial charge in [0.25, 0.3) is 0 Å². The number of likely N-dealkylation sites (tertiary alicyclic amines) is 1. The average Bonchev–Trinajstić information content (AvgIpc) is 3.49. The Morgan fingerprint density at radius 1 is 1.26 bits per heavy atom. The molecule has 9 heteroatoms. The molecule has 1 fully saturated rings. The van der Waals surface area contributed by atoms with Crippen molar-refractivity contribution in [2.45, 2.75) is 80.3 Å². The van der Waals surface area contributed by atoms with Crippen LogP contribution in [0.2, 0.25) is 0 Å². The molecule has 0 aliphatic carbocycles. The van der Waals surface area contributed by atoms with E-state index in [-0.39, 0.29) is 70.8 Å². The summed E-state index contributed by atoms with van der Waals surface area (Å²) in [6.45, 7) is 20.5. The molecule has 1 aliphatic heterocycles. The second-order valence-electron chi connectivity index (χ2n) is 9.34. The van der Waals surface area contributed by atoms with Gasteiger partial charge in [0.15, 0.2) is 0 Å². The number of rotatable bonds is 8. The predicted octanol–water partition coefficient (Wildman–Crippen LogP) is 5.84. The zero-order valence-corrected chi connectivity index (χ0v) is 29.8. The molecule has 2 rings (SSSR count). The molecular weight excluding hydrogens is 585 g/mol. The first-order valence-corrected chi connectivity index (χ1v) is 13.4. The first-order valence-electron chi connectivity index (χ1n) is 12.6. The quantitative estimate of drug-likeness (QED) is 0.213. The summed E-state index contributed by atoms with van der Waals surface area (Å²) in [6, 6.07) is -0.724. The molecule has 1 aromatic heterocycles. The third kappa shape index (κ3) is 14.6. The van der Waals surface area contributed by atoms with Crippen molar-refractivity contribution in [2.24, 2.45) is 5.41 Å². The standard InChI is InChI=1S/C24H36N4O2S.C2H4O.C2H6.2CH3.Y/c1-8-18(20-17(3)27-15-31-20)12-11-16(2)14-26-22(29)19-10-9-13-28(19)23(30)21(25-7)24(4,5)6;1-2-3;1-2;;;/h8,11-12,15,19,21,25H,1,9-10,13-14H2,2-7H3,(H,26,29);2H,1H3;1-2H3;2*1H3;/q;;;2*-1;/b16-11+,18-12+;;;;;. The summed E-state index contributed by atoms with van der Waals surface area (Å²) in [6.07, 6.45) is 8.11. The normalized spacial score (nSPS) is 15.4. The minimum atomic E-state index is -0.405. The number of aromatic nitrogens is 1. The van der Waals surface area contributed by atoms with E-state index in [1.807, 2.05) is 72.2 Å². The molecule has 0 bridgehead atoms. The van der Waals surface area contributed by atoms with E-state index in [0.29, 0.717) is 19.5 Å². The van der Waals surface area contributed by atoms with Gasteiger partial charge in [0.2, 0.25) is 11.8 Å². The fourth-order valence-electron chi connectivity index (χ4n) is 3.85. The van der Waals surface area contributed by atoms with Crippen molar-refractivity contribution in [1.29, 1.82) is 0 Å². The summed E-state index contributed by atoms with van der Waals surface area (Å²) >= 11 is 1.59. The predicted molar refractivity (Wildman–Crippen MR) is 165 cm³/mol. The van der Waals surface area contributed by atoms with Gasteiger partial charge in [-0.25, -0.2) is 4.98 Å². The Kier molecular flexibility index (Phi) is 26.6. The van der Waals surface area contributed by atoms with Crippen LogP contribution in [0.25, 0.3) is 5.57 Å². The van der Waals surface area contributed by atoms with Crippen LogP contribution >= 0.6 is 11.3 Å². The number of carbonyl (C=O) groups excluding carboxylic acids is 3. The molecule has 7 nitrogen and oxygen atoms in total. The summed E-state index contributed by atoms with van der Waals surface area (Å²) in [5.41, 5.74) is 4.62. The number of hydrogen-bond acceptors (Lipinski definition) is 6. The molecule has 1 aromatic rings. The third-order valence-electron chi connectivity index (χ3n) is 5.56. The van der Waals surface area contributed by atoms with Gasteiger partial charge in [0.05, 0.1) is 22.1 Å². The maximum Gasteiger partial charge on any atom is 0.243 e. The Morgan fingerprint density at radius 3 is 2.26 bits per heavy atom. The van der Waals surface area contributed by atoms with Gasteiger partial charge in [-0.1, -0.05) is 65.0 Å². The Balaban J connectivity index is -0.000000714. The van der Waals surface area contributed by atoms with Gasteiger partial charge in [-0.05, 0) is 51.6 Å².